The second-order valence-corrected chi connectivity index (χ2v) is 4.58. The van der Waals surface area contributed by atoms with Gasteiger partial charge in [-0.05, 0) is 37.0 Å². The smallest absolute Gasteiger partial charge is 0.251 e. The van der Waals surface area contributed by atoms with Crippen LogP contribution in [0.2, 0.25) is 0 Å². The first-order chi connectivity index (χ1) is 8.16. The van der Waals surface area contributed by atoms with Crippen LogP contribution in [0.5, 0.6) is 0 Å². The van der Waals surface area contributed by atoms with E-state index < -0.39 is 5.82 Å². The van der Waals surface area contributed by atoms with Gasteiger partial charge >= 0.3 is 0 Å². The second kappa shape index (κ2) is 5.27. The number of nitrogens with one attached hydrogen (secondary N) is 1. The highest BCUT2D eigenvalue weighted by atomic mass is 19.1. The molecule has 3 nitrogen and oxygen atoms in total. The van der Waals surface area contributed by atoms with Crippen LogP contribution < -0.4 is 11.1 Å². The summed E-state index contributed by atoms with van der Waals surface area (Å²) in [5.41, 5.74) is 6.27. The van der Waals surface area contributed by atoms with Crippen LogP contribution in [0.15, 0.2) is 24.3 Å². The van der Waals surface area contributed by atoms with Gasteiger partial charge < -0.3 is 11.1 Å². The molecule has 0 aliphatic heterocycles. The summed E-state index contributed by atoms with van der Waals surface area (Å²) in [5.74, 6) is -0.272. The quantitative estimate of drug-likeness (QED) is 0.839. The molecule has 2 rings (SSSR count). The van der Waals surface area contributed by atoms with Crippen molar-refractivity contribution in [1.29, 1.82) is 0 Å². The molecule has 0 heterocycles. The number of carbonyl (C=O) groups is 1. The van der Waals surface area contributed by atoms with Crippen LogP contribution in [0.1, 0.15) is 29.6 Å². The fourth-order valence-corrected chi connectivity index (χ4v) is 2.27. The summed E-state index contributed by atoms with van der Waals surface area (Å²) < 4.78 is 12.9. The van der Waals surface area contributed by atoms with Crippen molar-refractivity contribution in [1.82, 2.24) is 5.32 Å². The molecule has 0 spiro atoms. The third-order valence-electron chi connectivity index (χ3n) is 3.33. The van der Waals surface area contributed by atoms with Crippen molar-refractivity contribution in [3.63, 3.8) is 0 Å². The lowest BCUT2D eigenvalue weighted by atomic mass is 10.0. The van der Waals surface area contributed by atoms with Gasteiger partial charge in [0, 0.05) is 18.2 Å². The van der Waals surface area contributed by atoms with Gasteiger partial charge in [-0.1, -0.05) is 12.5 Å². The third kappa shape index (κ3) is 3.03. The molecule has 2 unspecified atom stereocenters. The van der Waals surface area contributed by atoms with Crippen molar-refractivity contribution >= 4 is 5.91 Å². The van der Waals surface area contributed by atoms with E-state index in [-0.39, 0.29) is 11.9 Å². The van der Waals surface area contributed by atoms with E-state index in [1.54, 1.807) is 6.07 Å². The van der Waals surface area contributed by atoms with Crippen LogP contribution >= 0.6 is 0 Å². The highest BCUT2D eigenvalue weighted by molar-refractivity contribution is 5.94. The molecule has 1 aliphatic rings. The maximum Gasteiger partial charge on any atom is 0.251 e. The molecule has 92 valence electrons. The van der Waals surface area contributed by atoms with E-state index in [2.05, 4.69) is 5.32 Å². The van der Waals surface area contributed by atoms with E-state index in [9.17, 15) is 9.18 Å². The standard InChI is InChI=1S/C13H17FN2O/c14-11-5-1-3-9(7-11)13(17)16-8-10-4-2-6-12(10)15/h1,3,5,7,10,12H,2,4,6,8,15H2,(H,16,17). The van der Waals surface area contributed by atoms with E-state index >= 15 is 0 Å². The van der Waals surface area contributed by atoms with Gasteiger partial charge in [0.1, 0.15) is 5.82 Å². The van der Waals surface area contributed by atoms with Crippen molar-refractivity contribution < 1.29 is 9.18 Å². The van der Waals surface area contributed by atoms with Gasteiger partial charge in [0.05, 0.1) is 0 Å². The minimum Gasteiger partial charge on any atom is -0.352 e. The molecular formula is C13H17FN2O. The predicted molar refractivity (Wildman–Crippen MR) is 64.0 cm³/mol. The van der Waals surface area contributed by atoms with Gasteiger partial charge in [0.2, 0.25) is 0 Å². The summed E-state index contributed by atoms with van der Waals surface area (Å²) in [4.78, 5) is 11.7. The van der Waals surface area contributed by atoms with Crippen molar-refractivity contribution in [2.75, 3.05) is 6.54 Å². The highest BCUT2D eigenvalue weighted by Gasteiger charge is 2.24. The van der Waals surface area contributed by atoms with Crippen LogP contribution in [0.3, 0.4) is 0 Å². The average Bonchev–Trinajstić information content (AvgIpc) is 2.72. The second-order valence-electron chi connectivity index (χ2n) is 4.58. The molecule has 1 fully saturated rings. The van der Waals surface area contributed by atoms with Gasteiger partial charge in [0.15, 0.2) is 0 Å². The summed E-state index contributed by atoms with van der Waals surface area (Å²) in [6, 6.07) is 5.88. The summed E-state index contributed by atoms with van der Waals surface area (Å²) in [6.45, 7) is 0.580. The zero-order chi connectivity index (χ0) is 12.3. The Hall–Kier alpha value is -1.42. The van der Waals surface area contributed by atoms with Crippen LogP contribution in [0.4, 0.5) is 4.39 Å². The molecule has 0 aromatic heterocycles. The maximum absolute atomic E-state index is 12.9. The van der Waals surface area contributed by atoms with E-state index in [1.807, 2.05) is 0 Å². The summed E-state index contributed by atoms with van der Waals surface area (Å²) >= 11 is 0. The number of halogens is 1. The minimum atomic E-state index is -0.393. The number of hydrogen-bond acceptors (Lipinski definition) is 2. The number of nitrogens with two attached hydrogens (primary N) is 1. The fourth-order valence-electron chi connectivity index (χ4n) is 2.27. The molecule has 0 saturated heterocycles. The number of benzene rings is 1. The molecule has 3 N–H and O–H groups in total. The lowest BCUT2D eigenvalue weighted by Crippen LogP contribution is -2.36. The van der Waals surface area contributed by atoms with E-state index in [0.717, 1.165) is 19.3 Å². The maximum atomic E-state index is 12.9. The Morgan fingerprint density at radius 1 is 1.47 bits per heavy atom. The number of amides is 1. The van der Waals surface area contributed by atoms with Gasteiger partial charge in [-0.25, -0.2) is 4.39 Å². The fraction of sp³-hybridized carbons (Fsp3) is 0.462. The van der Waals surface area contributed by atoms with E-state index in [1.165, 1.54) is 18.2 Å². The topological polar surface area (TPSA) is 55.1 Å². The van der Waals surface area contributed by atoms with Crippen molar-refractivity contribution in [3.05, 3.63) is 35.6 Å². The van der Waals surface area contributed by atoms with Gasteiger partial charge in [-0.3, -0.25) is 4.79 Å². The van der Waals surface area contributed by atoms with Crippen molar-refractivity contribution in [2.24, 2.45) is 11.7 Å². The van der Waals surface area contributed by atoms with Crippen LogP contribution in [0, 0.1) is 11.7 Å². The molecule has 17 heavy (non-hydrogen) atoms. The molecule has 1 aromatic carbocycles. The first-order valence-electron chi connectivity index (χ1n) is 5.96. The Balaban J connectivity index is 1.89. The first kappa shape index (κ1) is 12.0. The first-order valence-corrected chi connectivity index (χ1v) is 5.96. The summed E-state index contributed by atoms with van der Waals surface area (Å²) in [6.07, 6.45) is 3.22. The molecule has 1 amide bonds. The molecule has 1 aromatic rings. The van der Waals surface area contributed by atoms with Gasteiger partial charge in [-0.15, -0.1) is 0 Å². The third-order valence-corrected chi connectivity index (χ3v) is 3.33. The minimum absolute atomic E-state index is 0.183. The molecule has 2 atom stereocenters. The molecule has 0 bridgehead atoms. The normalized spacial score (nSPS) is 23.6. The highest BCUT2D eigenvalue weighted by Crippen LogP contribution is 2.23. The molecule has 0 radical (unpaired) electrons. The van der Waals surface area contributed by atoms with Crippen molar-refractivity contribution in [2.45, 2.75) is 25.3 Å². The van der Waals surface area contributed by atoms with Gasteiger partial charge in [-0.2, -0.15) is 0 Å². The molecule has 4 heteroatoms. The van der Waals surface area contributed by atoms with E-state index in [0.29, 0.717) is 18.0 Å². The SMILES string of the molecule is NC1CCCC1CNC(=O)c1cccc(F)c1. The molecule has 1 saturated carbocycles. The largest absolute Gasteiger partial charge is 0.352 e. The zero-order valence-electron chi connectivity index (χ0n) is 9.66. The zero-order valence-corrected chi connectivity index (χ0v) is 9.66. The number of hydrogen-bond donors (Lipinski definition) is 2. The monoisotopic (exact) mass is 236 g/mol. The average molecular weight is 236 g/mol. The van der Waals surface area contributed by atoms with Crippen LogP contribution in [-0.2, 0) is 0 Å². The number of rotatable bonds is 3. The molecular weight excluding hydrogens is 219 g/mol. The van der Waals surface area contributed by atoms with Gasteiger partial charge in [0.25, 0.3) is 5.91 Å². The Morgan fingerprint density at radius 2 is 2.29 bits per heavy atom. The summed E-state index contributed by atoms with van der Waals surface area (Å²) in [7, 11) is 0. The Morgan fingerprint density at radius 3 is 2.94 bits per heavy atom. The van der Waals surface area contributed by atoms with Crippen LogP contribution in [0.25, 0.3) is 0 Å². The van der Waals surface area contributed by atoms with E-state index in [4.69, 9.17) is 5.73 Å². The lowest BCUT2D eigenvalue weighted by molar-refractivity contribution is 0.0946. The van der Waals surface area contributed by atoms with Crippen LogP contribution in [-0.4, -0.2) is 18.5 Å². The Kier molecular flexibility index (Phi) is 3.74. The lowest BCUT2D eigenvalue weighted by Gasteiger charge is -2.15. The predicted octanol–water partition coefficient (Wildman–Crippen LogP) is 1.68. The van der Waals surface area contributed by atoms with Crippen molar-refractivity contribution in [3.8, 4) is 0 Å². The number of carbonyl (C=O) groups excluding carboxylic acids is 1. The molecule has 1 aliphatic carbocycles. The summed E-state index contributed by atoms with van der Waals surface area (Å²) in [5, 5.41) is 2.81. The Bertz CT molecular complexity index is 408. The Labute approximate surface area is 100 Å².